The second-order valence-corrected chi connectivity index (χ2v) is 6.19. The van der Waals surface area contributed by atoms with Gasteiger partial charge in [-0.3, -0.25) is 4.79 Å². The zero-order valence-corrected chi connectivity index (χ0v) is 14.2. The van der Waals surface area contributed by atoms with Gasteiger partial charge in [0.1, 0.15) is 0 Å². The fourth-order valence-electron chi connectivity index (χ4n) is 3.14. The molecule has 0 aromatic carbocycles. The van der Waals surface area contributed by atoms with Gasteiger partial charge in [-0.15, -0.1) is 0 Å². The third-order valence-electron chi connectivity index (χ3n) is 4.52. The molecule has 2 fully saturated rings. The van der Waals surface area contributed by atoms with Gasteiger partial charge in [0.2, 0.25) is 11.9 Å². The highest BCUT2D eigenvalue weighted by atomic mass is 16.5. The van der Waals surface area contributed by atoms with Gasteiger partial charge in [0.25, 0.3) is 0 Å². The molecule has 0 unspecified atom stereocenters. The summed E-state index contributed by atoms with van der Waals surface area (Å²) in [5.74, 6) is 1.32. The summed E-state index contributed by atoms with van der Waals surface area (Å²) in [4.78, 5) is 27.3. The molecule has 24 heavy (non-hydrogen) atoms. The fourth-order valence-corrected chi connectivity index (χ4v) is 3.14. The maximum absolute atomic E-state index is 12.3. The molecule has 132 valence electrons. The first-order valence-electron chi connectivity index (χ1n) is 8.65. The summed E-state index contributed by atoms with van der Waals surface area (Å²) >= 11 is 0. The number of ether oxygens (including phenoxy) is 2. The van der Waals surface area contributed by atoms with Crippen LogP contribution in [0.1, 0.15) is 37.9 Å². The van der Waals surface area contributed by atoms with Crippen LogP contribution in [0.4, 0.5) is 5.95 Å². The highest BCUT2D eigenvalue weighted by Crippen LogP contribution is 2.23. The van der Waals surface area contributed by atoms with E-state index in [4.69, 9.17) is 9.47 Å². The van der Waals surface area contributed by atoms with Gasteiger partial charge in [-0.2, -0.15) is 15.0 Å². The van der Waals surface area contributed by atoms with Gasteiger partial charge < -0.3 is 19.7 Å². The van der Waals surface area contributed by atoms with Crippen LogP contribution in [0.2, 0.25) is 0 Å². The van der Waals surface area contributed by atoms with Crippen molar-refractivity contribution in [3.8, 4) is 6.01 Å². The predicted octanol–water partition coefficient (Wildman–Crippen LogP) is 0.913. The number of aromatic nitrogens is 3. The smallest absolute Gasteiger partial charge is 0.321 e. The van der Waals surface area contributed by atoms with E-state index < -0.39 is 0 Å². The van der Waals surface area contributed by atoms with E-state index in [1.165, 1.54) is 13.5 Å². The lowest BCUT2D eigenvalue weighted by molar-refractivity contribution is -0.126. The third kappa shape index (κ3) is 4.31. The Balaban J connectivity index is 1.64. The molecular formula is C16H25N5O3. The molecule has 2 aliphatic rings. The summed E-state index contributed by atoms with van der Waals surface area (Å²) in [7, 11) is 1.53. The lowest BCUT2D eigenvalue weighted by atomic mass is 9.89. The van der Waals surface area contributed by atoms with Crippen molar-refractivity contribution in [3.05, 3.63) is 5.82 Å². The SMILES string of the molecule is COc1nc(CNC(=O)C2CCCCC2)nc(N2CCOCC2)n1. The van der Waals surface area contributed by atoms with Gasteiger partial charge >= 0.3 is 6.01 Å². The van der Waals surface area contributed by atoms with Crippen molar-refractivity contribution in [3.63, 3.8) is 0 Å². The Labute approximate surface area is 142 Å². The minimum absolute atomic E-state index is 0.0991. The van der Waals surface area contributed by atoms with Crippen molar-refractivity contribution in [1.82, 2.24) is 20.3 Å². The molecule has 1 saturated carbocycles. The van der Waals surface area contributed by atoms with Crippen molar-refractivity contribution in [1.29, 1.82) is 0 Å². The largest absolute Gasteiger partial charge is 0.467 e. The lowest BCUT2D eigenvalue weighted by Gasteiger charge is -2.27. The van der Waals surface area contributed by atoms with Crippen LogP contribution < -0.4 is 15.0 Å². The highest BCUT2D eigenvalue weighted by molar-refractivity contribution is 5.78. The number of hydrogen-bond acceptors (Lipinski definition) is 7. The molecule has 1 aliphatic heterocycles. The van der Waals surface area contributed by atoms with Gasteiger partial charge in [0.05, 0.1) is 26.9 Å². The molecule has 3 rings (SSSR count). The van der Waals surface area contributed by atoms with E-state index in [0.29, 0.717) is 31.5 Å². The lowest BCUT2D eigenvalue weighted by Crippen LogP contribution is -2.38. The van der Waals surface area contributed by atoms with Crippen LogP contribution in [0.3, 0.4) is 0 Å². The van der Waals surface area contributed by atoms with E-state index in [9.17, 15) is 4.79 Å². The Morgan fingerprint density at radius 3 is 2.67 bits per heavy atom. The quantitative estimate of drug-likeness (QED) is 0.855. The number of amides is 1. The summed E-state index contributed by atoms with van der Waals surface area (Å²) in [6, 6.07) is 0.272. The van der Waals surface area contributed by atoms with Gasteiger partial charge in [-0.05, 0) is 12.8 Å². The minimum atomic E-state index is 0.0991. The number of carbonyl (C=O) groups is 1. The number of nitrogens with one attached hydrogen (secondary N) is 1. The van der Waals surface area contributed by atoms with E-state index in [1.54, 1.807) is 0 Å². The van der Waals surface area contributed by atoms with E-state index in [2.05, 4.69) is 20.3 Å². The second kappa shape index (κ2) is 8.23. The first-order valence-corrected chi connectivity index (χ1v) is 8.65. The maximum atomic E-state index is 12.3. The van der Waals surface area contributed by atoms with E-state index in [-0.39, 0.29) is 17.8 Å². The number of rotatable bonds is 5. The zero-order valence-electron chi connectivity index (χ0n) is 14.2. The van der Waals surface area contributed by atoms with Crippen molar-refractivity contribution < 1.29 is 14.3 Å². The Morgan fingerprint density at radius 2 is 1.96 bits per heavy atom. The van der Waals surface area contributed by atoms with Crippen molar-refractivity contribution >= 4 is 11.9 Å². The topological polar surface area (TPSA) is 89.5 Å². The van der Waals surface area contributed by atoms with Crippen LogP contribution in [-0.2, 0) is 16.1 Å². The molecule has 2 heterocycles. The molecule has 8 heteroatoms. The molecule has 1 aromatic rings. The van der Waals surface area contributed by atoms with E-state index in [0.717, 1.165) is 38.8 Å². The first kappa shape index (κ1) is 16.9. The number of hydrogen-bond donors (Lipinski definition) is 1. The molecule has 0 bridgehead atoms. The summed E-state index contributed by atoms with van der Waals surface area (Å²) in [5.41, 5.74) is 0. The van der Waals surface area contributed by atoms with E-state index in [1.807, 2.05) is 4.90 Å². The Morgan fingerprint density at radius 1 is 1.21 bits per heavy atom. The summed E-state index contributed by atoms with van der Waals surface area (Å²) in [5, 5.41) is 2.96. The molecule has 0 spiro atoms. The van der Waals surface area contributed by atoms with Crippen molar-refractivity contribution in [2.24, 2.45) is 5.92 Å². The number of morpholine rings is 1. The average Bonchev–Trinajstić information content (AvgIpc) is 2.67. The summed E-state index contributed by atoms with van der Waals surface area (Å²) in [6.45, 7) is 3.08. The zero-order chi connectivity index (χ0) is 16.8. The summed E-state index contributed by atoms with van der Waals surface area (Å²) in [6.07, 6.45) is 5.46. The monoisotopic (exact) mass is 335 g/mol. The van der Waals surface area contributed by atoms with Crippen molar-refractivity contribution in [2.75, 3.05) is 38.3 Å². The van der Waals surface area contributed by atoms with Crippen LogP contribution in [0.25, 0.3) is 0 Å². The standard InChI is InChI=1S/C16H25N5O3/c1-23-16-19-13(11-17-14(22)12-5-3-2-4-6-12)18-15(20-16)21-7-9-24-10-8-21/h12H,2-11H2,1H3,(H,17,22). The van der Waals surface area contributed by atoms with Crippen LogP contribution in [0, 0.1) is 5.92 Å². The Hall–Kier alpha value is -1.96. The molecule has 1 N–H and O–H groups in total. The van der Waals surface area contributed by atoms with Crippen LogP contribution in [0.5, 0.6) is 6.01 Å². The van der Waals surface area contributed by atoms with Crippen LogP contribution in [0.15, 0.2) is 0 Å². The first-order chi connectivity index (χ1) is 11.8. The van der Waals surface area contributed by atoms with Crippen LogP contribution >= 0.6 is 0 Å². The van der Waals surface area contributed by atoms with Gasteiger partial charge in [-0.1, -0.05) is 19.3 Å². The molecule has 1 amide bonds. The second-order valence-electron chi connectivity index (χ2n) is 6.19. The van der Waals surface area contributed by atoms with Gasteiger partial charge in [-0.25, -0.2) is 0 Å². The van der Waals surface area contributed by atoms with Crippen LogP contribution in [-0.4, -0.2) is 54.3 Å². The number of methoxy groups -OCH3 is 1. The Kier molecular flexibility index (Phi) is 5.79. The molecule has 0 atom stereocenters. The number of nitrogens with zero attached hydrogens (tertiary/aromatic N) is 4. The van der Waals surface area contributed by atoms with E-state index >= 15 is 0 Å². The Bertz CT molecular complexity index is 557. The summed E-state index contributed by atoms with van der Waals surface area (Å²) < 4.78 is 10.5. The molecular weight excluding hydrogens is 310 g/mol. The van der Waals surface area contributed by atoms with Gasteiger partial charge in [0.15, 0.2) is 5.82 Å². The molecule has 0 radical (unpaired) electrons. The maximum Gasteiger partial charge on any atom is 0.321 e. The third-order valence-corrected chi connectivity index (χ3v) is 4.52. The molecule has 8 nitrogen and oxygen atoms in total. The minimum Gasteiger partial charge on any atom is -0.467 e. The molecule has 1 aromatic heterocycles. The fraction of sp³-hybridized carbons (Fsp3) is 0.750. The normalized spacial score (nSPS) is 19.1. The number of anilines is 1. The van der Waals surface area contributed by atoms with Crippen molar-refractivity contribution in [2.45, 2.75) is 38.6 Å². The predicted molar refractivity (Wildman–Crippen MR) is 87.8 cm³/mol. The highest BCUT2D eigenvalue weighted by Gasteiger charge is 2.22. The average molecular weight is 335 g/mol. The number of carbonyl (C=O) groups excluding carboxylic acids is 1. The molecule has 1 saturated heterocycles. The van der Waals surface area contributed by atoms with Gasteiger partial charge in [0, 0.05) is 19.0 Å². The molecule has 1 aliphatic carbocycles.